The number of hydrogen-bond acceptors (Lipinski definition) is 3. The Labute approximate surface area is 105 Å². The van der Waals surface area contributed by atoms with Crippen LogP contribution in [0, 0.1) is 5.92 Å². The second-order valence-electron chi connectivity index (χ2n) is 4.29. The summed E-state index contributed by atoms with van der Waals surface area (Å²) in [7, 11) is 0. The second-order valence-corrected chi connectivity index (χ2v) is 5.15. The Kier molecular flexibility index (Phi) is 4.18. The van der Waals surface area contributed by atoms with Crippen LogP contribution in [-0.4, -0.2) is 29.8 Å². The molecule has 3 nitrogen and oxygen atoms in total. The predicted octanol–water partition coefficient (Wildman–Crippen LogP) is 2.44. The quantitative estimate of drug-likeness (QED) is 0.926. The summed E-state index contributed by atoms with van der Waals surface area (Å²) in [6, 6.07) is 2.05. The van der Waals surface area contributed by atoms with Crippen molar-refractivity contribution >= 4 is 21.6 Å². The van der Waals surface area contributed by atoms with Crippen LogP contribution >= 0.6 is 15.9 Å². The molecule has 0 spiro atoms. The first kappa shape index (κ1) is 11.9. The van der Waals surface area contributed by atoms with Gasteiger partial charge in [-0.15, -0.1) is 0 Å². The maximum absolute atomic E-state index is 8.99. The molecule has 1 saturated heterocycles. The highest BCUT2D eigenvalue weighted by atomic mass is 79.9. The van der Waals surface area contributed by atoms with Crippen molar-refractivity contribution in [1.82, 2.24) is 4.98 Å². The molecule has 2 heterocycles. The first-order chi connectivity index (χ1) is 7.81. The van der Waals surface area contributed by atoms with Crippen molar-refractivity contribution in [3.8, 4) is 0 Å². The van der Waals surface area contributed by atoms with Crippen LogP contribution in [0.1, 0.15) is 19.3 Å². The van der Waals surface area contributed by atoms with Gasteiger partial charge in [-0.3, -0.25) is 4.98 Å². The van der Waals surface area contributed by atoms with Crippen LogP contribution in [0.2, 0.25) is 0 Å². The number of aliphatic hydroxyl groups is 1. The lowest BCUT2D eigenvalue weighted by Crippen LogP contribution is -2.35. The summed E-state index contributed by atoms with van der Waals surface area (Å²) in [6.07, 6.45) is 7.03. The van der Waals surface area contributed by atoms with Crippen molar-refractivity contribution < 1.29 is 5.11 Å². The lowest BCUT2D eigenvalue weighted by atomic mass is 9.95. The standard InChI is InChI=1S/C12H17BrN2O/c13-11-8-14-5-3-12(11)15-6-1-2-10(9-15)4-7-16/h3,5,8,10,16H,1-2,4,6-7,9H2. The zero-order valence-corrected chi connectivity index (χ0v) is 10.9. The lowest BCUT2D eigenvalue weighted by molar-refractivity contribution is 0.244. The Morgan fingerprint density at radius 3 is 3.19 bits per heavy atom. The first-order valence-corrected chi connectivity index (χ1v) is 6.56. The summed E-state index contributed by atoms with van der Waals surface area (Å²) in [5.74, 6) is 0.624. The van der Waals surface area contributed by atoms with Crippen LogP contribution in [0.25, 0.3) is 0 Å². The number of aliphatic hydroxyl groups excluding tert-OH is 1. The molecule has 1 atom stereocenters. The molecule has 0 aliphatic carbocycles. The molecule has 1 aliphatic heterocycles. The normalized spacial score (nSPS) is 21.1. The van der Waals surface area contributed by atoms with Gasteiger partial charge < -0.3 is 10.0 Å². The Balaban J connectivity index is 2.07. The van der Waals surface area contributed by atoms with Crippen molar-refractivity contribution in [1.29, 1.82) is 0 Å². The van der Waals surface area contributed by atoms with Gasteiger partial charge in [0.25, 0.3) is 0 Å². The third-order valence-corrected chi connectivity index (χ3v) is 3.76. The average molecular weight is 285 g/mol. The van der Waals surface area contributed by atoms with E-state index in [0.717, 1.165) is 24.0 Å². The predicted molar refractivity (Wildman–Crippen MR) is 68.6 cm³/mol. The van der Waals surface area contributed by atoms with E-state index in [0.29, 0.717) is 12.5 Å². The number of aromatic nitrogens is 1. The van der Waals surface area contributed by atoms with Gasteiger partial charge in [-0.25, -0.2) is 0 Å². The van der Waals surface area contributed by atoms with Gasteiger partial charge in [-0.05, 0) is 47.2 Å². The molecule has 88 valence electrons. The van der Waals surface area contributed by atoms with Crippen molar-refractivity contribution in [2.24, 2.45) is 5.92 Å². The van der Waals surface area contributed by atoms with E-state index in [9.17, 15) is 0 Å². The summed E-state index contributed by atoms with van der Waals surface area (Å²) in [4.78, 5) is 6.47. The number of rotatable bonds is 3. The Morgan fingerprint density at radius 1 is 1.56 bits per heavy atom. The largest absolute Gasteiger partial charge is 0.396 e. The van der Waals surface area contributed by atoms with E-state index < -0.39 is 0 Å². The SMILES string of the molecule is OCCC1CCCN(c2ccncc2Br)C1. The number of halogens is 1. The molecule has 0 amide bonds. The van der Waals surface area contributed by atoms with Gasteiger partial charge >= 0.3 is 0 Å². The Hall–Kier alpha value is -0.610. The number of nitrogens with zero attached hydrogens (tertiary/aromatic N) is 2. The van der Waals surface area contributed by atoms with Gasteiger partial charge in [0.05, 0.1) is 10.2 Å². The van der Waals surface area contributed by atoms with Gasteiger partial charge in [0.2, 0.25) is 0 Å². The Morgan fingerprint density at radius 2 is 2.44 bits per heavy atom. The minimum atomic E-state index is 0.302. The first-order valence-electron chi connectivity index (χ1n) is 5.76. The van der Waals surface area contributed by atoms with Crippen LogP contribution in [0.15, 0.2) is 22.9 Å². The van der Waals surface area contributed by atoms with Crippen molar-refractivity contribution in [3.05, 3.63) is 22.9 Å². The van der Waals surface area contributed by atoms with Crippen LogP contribution in [0.5, 0.6) is 0 Å². The molecule has 0 bridgehead atoms. The van der Waals surface area contributed by atoms with E-state index in [1.807, 2.05) is 18.5 Å². The topological polar surface area (TPSA) is 36.4 Å². The van der Waals surface area contributed by atoms with E-state index in [-0.39, 0.29) is 0 Å². The van der Waals surface area contributed by atoms with Crippen molar-refractivity contribution in [3.63, 3.8) is 0 Å². The van der Waals surface area contributed by atoms with Crippen molar-refractivity contribution in [2.45, 2.75) is 19.3 Å². The Bertz CT molecular complexity index is 344. The van der Waals surface area contributed by atoms with Gasteiger partial charge in [0.15, 0.2) is 0 Å². The monoisotopic (exact) mass is 284 g/mol. The summed E-state index contributed by atoms with van der Waals surface area (Å²) in [5, 5.41) is 8.99. The fraction of sp³-hybridized carbons (Fsp3) is 0.583. The van der Waals surface area contributed by atoms with Crippen LogP contribution in [0.3, 0.4) is 0 Å². The minimum Gasteiger partial charge on any atom is -0.396 e. The van der Waals surface area contributed by atoms with Gasteiger partial charge in [-0.1, -0.05) is 0 Å². The van der Waals surface area contributed by atoms with Gasteiger partial charge in [0.1, 0.15) is 0 Å². The molecule has 1 aliphatic rings. The van der Waals surface area contributed by atoms with E-state index >= 15 is 0 Å². The molecular formula is C12H17BrN2O. The number of piperidine rings is 1. The minimum absolute atomic E-state index is 0.302. The fourth-order valence-electron chi connectivity index (χ4n) is 2.33. The summed E-state index contributed by atoms with van der Waals surface area (Å²) in [5.41, 5.74) is 1.22. The number of pyridine rings is 1. The highest BCUT2D eigenvalue weighted by molar-refractivity contribution is 9.10. The van der Waals surface area contributed by atoms with E-state index in [1.54, 1.807) is 0 Å². The summed E-state index contributed by atoms with van der Waals surface area (Å²) in [6.45, 7) is 2.45. The smallest absolute Gasteiger partial charge is 0.0592 e. The van der Waals surface area contributed by atoms with Crippen molar-refractivity contribution in [2.75, 3.05) is 24.6 Å². The number of hydrogen-bond donors (Lipinski definition) is 1. The van der Waals surface area contributed by atoms with Gasteiger partial charge in [-0.2, -0.15) is 0 Å². The number of anilines is 1. The maximum atomic E-state index is 8.99. The van der Waals surface area contributed by atoms with E-state index in [2.05, 4.69) is 25.8 Å². The third kappa shape index (κ3) is 2.74. The summed E-state index contributed by atoms with van der Waals surface area (Å²) < 4.78 is 1.06. The maximum Gasteiger partial charge on any atom is 0.0592 e. The van der Waals surface area contributed by atoms with Crippen LogP contribution < -0.4 is 4.90 Å². The average Bonchev–Trinajstić information content (AvgIpc) is 2.30. The molecule has 0 radical (unpaired) electrons. The highest BCUT2D eigenvalue weighted by Crippen LogP contribution is 2.29. The third-order valence-electron chi connectivity index (χ3n) is 3.15. The zero-order valence-electron chi connectivity index (χ0n) is 9.27. The second kappa shape index (κ2) is 5.64. The molecule has 4 heteroatoms. The molecule has 1 aromatic heterocycles. The molecule has 16 heavy (non-hydrogen) atoms. The zero-order chi connectivity index (χ0) is 11.4. The molecule has 1 aromatic rings. The molecule has 0 saturated carbocycles. The molecule has 0 aromatic carbocycles. The van der Waals surface area contributed by atoms with Crippen LogP contribution in [0.4, 0.5) is 5.69 Å². The van der Waals surface area contributed by atoms with E-state index in [4.69, 9.17) is 5.11 Å². The molecular weight excluding hydrogens is 268 g/mol. The van der Waals surface area contributed by atoms with E-state index in [1.165, 1.54) is 18.5 Å². The molecule has 1 N–H and O–H groups in total. The molecule has 1 fully saturated rings. The van der Waals surface area contributed by atoms with Gasteiger partial charge in [0, 0.05) is 32.1 Å². The highest BCUT2D eigenvalue weighted by Gasteiger charge is 2.20. The van der Waals surface area contributed by atoms with Crippen LogP contribution in [-0.2, 0) is 0 Å². The summed E-state index contributed by atoms with van der Waals surface area (Å²) >= 11 is 3.54. The molecule has 2 rings (SSSR count). The lowest BCUT2D eigenvalue weighted by Gasteiger charge is -2.34. The fourth-order valence-corrected chi connectivity index (χ4v) is 2.83. The molecule has 1 unspecified atom stereocenters.